The Morgan fingerprint density at radius 3 is 3.00 bits per heavy atom. The minimum Gasteiger partial charge on any atom is -0.385 e. The Kier molecular flexibility index (Phi) is 6.85. The van der Waals surface area contributed by atoms with Crippen LogP contribution in [0, 0.1) is 0 Å². The molecule has 0 unspecified atom stereocenters. The van der Waals surface area contributed by atoms with Crippen LogP contribution in [0.5, 0.6) is 0 Å². The Morgan fingerprint density at radius 2 is 2.50 bits per heavy atom. The van der Waals surface area contributed by atoms with Crippen LogP contribution < -0.4 is 0 Å². The number of rotatable bonds is 5. The molecule has 0 aromatic rings. The van der Waals surface area contributed by atoms with Gasteiger partial charge in [0.2, 0.25) is 0 Å². The van der Waals surface area contributed by atoms with E-state index in [0.717, 1.165) is 19.3 Å². The van der Waals surface area contributed by atoms with Crippen molar-refractivity contribution in [3.05, 3.63) is 12.3 Å². The van der Waals surface area contributed by atoms with E-state index in [1.165, 1.54) is 0 Å². The van der Waals surface area contributed by atoms with Gasteiger partial charge in [-0.25, -0.2) is 0 Å². The lowest BCUT2D eigenvalue weighted by Gasteiger charge is -1.95. The lowest BCUT2D eigenvalue weighted by molar-refractivity contribution is 0.178. The Morgan fingerprint density at radius 1 is 1.75 bits per heavy atom. The largest absolute Gasteiger partial charge is 0.385 e. The van der Waals surface area contributed by atoms with Crippen LogP contribution in [0.2, 0.25) is 0 Å². The van der Waals surface area contributed by atoms with Gasteiger partial charge in [0.1, 0.15) is 0 Å². The van der Waals surface area contributed by atoms with Crippen LogP contribution in [-0.4, -0.2) is 22.4 Å². The van der Waals surface area contributed by atoms with E-state index in [1.54, 1.807) is 0 Å². The molecule has 2 heteroatoms. The third-order valence-electron chi connectivity index (χ3n) is 0.815. The van der Waals surface area contributed by atoms with E-state index >= 15 is 0 Å². The van der Waals surface area contributed by atoms with Gasteiger partial charge in [-0.05, 0) is 6.42 Å². The summed E-state index contributed by atoms with van der Waals surface area (Å²) in [4.78, 5) is 0. The summed E-state index contributed by atoms with van der Waals surface area (Å²) in [6, 6.07) is 0. The van der Waals surface area contributed by atoms with E-state index < -0.39 is 0 Å². The highest BCUT2D eigenvalue weighted by Crippen LogP contribution is 1.77. The molecule has 0 heterocycles. The highest BCUT2D eigenvalue weighted by atomic mass is 28.2. The molecule has 0 atom stereocenters. The highest BCUT2D eigenvalue weighted by molar-refractivity contribution is 6.41. The number of hydrogen-bond acceptors (Lipinski definition) is 1. The summed E-state index contributed by atoms with van der Waals surface area (Å²) < 4.78 is 5.21. The van der Waals surface area contributed by atoms with Gasteiger partial charge in [0.25, 0.3) is 0 Å². The molecule has 0 aliphatic heterocycles. The van der Waals surface area contributed by atoms with Crippen molar-refractivity contribution in [3.8, 4) is 0 Å². The van der Waals surface area contributed by atoms with E-state index in [2.05, 4.69) is 13.5 Å². The fourth-order valence-corrected chi connectivity index (χ4v) is 0.951. The molecule has 0 saturated carbocycles. The molecule has 0 fully saturated rings. The van der Waals surface area contributed by atoms with Crippen molar-refractivity contribution in [2.24, 2.45) is 0 Å². The SMILES string of the molecule is C=C[SiH2]COCCC. The molecule has 0 N–H and O–H groups in total. The molecule has 0 rings (SSSR count). The minimum atomic E-state index is -0.0569. The second kappa shape index (κ2) is 6.92. The van der Waals surface area contributed by atoms with Gasteiger partial charge in [-0.3, -0.25) is 0 Å². The Bertz CT molecular complexity index is 54.5. The van der Waals surface area contributed by atoms with Crippen molar-refractivity contribution < 1.29 is 4.74 Å². The third kappa shape index (κ3) is 5.92. The molecular weight excluding hydrogens is 116 g/mol. The molecule has 0 spiro atoms. The van der Waals surface area contributed by atoms with Gasteiger partial charge in [0.15, 0.2) is 0 Å². The maximum atomic E-state index is 5.21. The highest BCUT2D eigenvalue weighted by Gasteiger charge is 1.80. The average Bonchev–Trinajstić information content (AvgIpc) is 1.81. The van der Waals surface area contributed by atoms with Crippen molar-refractivity contribution in [3.63, 3.8) is 0 Å². The van der Waals surface area contributed by atoms with Gasteiger partial charge >= 0.3 is 0 Å². The standard InChI is InChI=1S/C6H14OSi/c1-3-5-7-6-8-4-2/h4H,2-3,5-6,8H2,1H3. The zero-order chi connectivity index (χ0) is 6.24. The van der Waals surface area contributed by atoms with Gasteiger partial charge in [-0.1, -0.05) is 6.92 Å². The fraction of sp³-hybridized carbons (Fsp3) is 0.667. The van der Waals surface area contributed by atoms with Gasteiger partial charge in [0, 0.05) is 12.8 Å². The second-order valence-corrected chi connectivity index (χ2v) is 3.25. The van der Waals surface area contributed by atoms with Crippen LogP contribution in [0.25, 0.3) is 0 Å². The first-order valence-corrected chi connectivity index (χ1v) is 4.92. The maximum absolute atomic E-state index is 5.21. The molecule has 0 aliphatic carbocycles. The number of hydrogen-bond donors (Lipinski definition) is 0. The number of ether oxygens (including phenoxy) is 1. The van der Waals surface area contributed by atoms with Gasteiger partial charge in [0.05, 0.1) is 9.52 Å². The van der Waals surface area contributed by atoms with Crippen molar-refractivity contribution >= 4 is 9.52 Å². The van der Waals surface area contributed by atoms with Crippen LogP contribution in [0.15, 0.2) is 12.3 Å². The normalized spacial score (nSPS) is 10.6. The van der Waals surface area contributed by atoms with Crippen molar-refractivity contribution in [1.82, 2.24) is 0 Å². The first-order chi connectivity index (χ1) is 3.91. The van der Waals surface area contributed by atoms with Gasteiger partial charge in [-0.15, -0.1) is 12.3 Å². The predicted octanol–water partition coefficient (Wildman–Crippen LogP) is 0.683. The van der Waals surface area contributed by atoms with Crippen LogP contribution in [-0.2, 0) is 4.74 Å². The summed E-state index contributed by atoms with van der Waals surface area (Å²) in [7, 11) is -0.0569. The molecular formula is C6H14OSi. The van der Waals surface area contributed by atoms with E-state index in [9.17, 15) is 0 Å². The molecule has 0 aromatic heterocycles. The molecule has 0 bridgehead atoms. The fourth-order valence-electron chi connectivity index (χ4n) is 0.413. The van der Waals surface area contributed by atoms with Crippen molar-refractivity contribution in [1.29, 1.82) is 0 Å². The molecule has 0 aromatic carbocycles. The summed E-state index contributed by atoms with van der Waals surface area (Å²) in [5.74, 6) is 0. The van der Waals surface area contributed by atoms with Crippen LogP contribution in [0.3, 0.4) is 0 Å². The first kappa shape index (κ1) is 7.92. The Balaban J connectivity index is 2.62. The monoisotopic (exact) mass is 130 g/mol. The average molecular weight is 130 g/mol. The van der Waals surface area contributed by atoms with E-state index in [1.807, 2.05) is 5.70 Å². The molecule has 1 nitrogen and oxygen atoms in total. The van der Waals surface area contributed by atoms with Gasteiger partial charge in [-0.2, -0.15) is 0 Å². The summed E-state index contributed by atoms with van der Waals surface area (Å²) in [5.41, 5.74) is 2.01. The van der Waals surface area contributed by atoms with Crippen molar-refractivity contribution in [2.75, 3.05) is 12.8 Å². The minimum absolute atomic E-state index is 0.0569. The Hall–Kier alpha value is -0.0831. The summed E-state index contributed by atoms with van der Waals surface area (Å²) in [5, 5.41) is 0. The topological polar surface area (TPSA) is 9.23 Å². The van der Waals surface area contributed by atoms with Gasteiger partial charge < -0.3 is 4.74 Å². The smallest absolute Gasteiger partial charge is 0.0749 e. The molecule has 0 saturated heterocycles. The lowest BCUT2D eigenvalue weighted by atomic mass is 10.5. The zero-order valence-corrected chi connectivity index (χ0v) is 6.94. The summed E-state index contributed by atoms with van der Waals surface area (Å²) in [6.45, 7) is 6.68. The van der Waals surface area contributed by atoms with Crippen LogP contribution in [0.1, 0.15) is 13.3 Å². The van der Waals surface area contributed by atoms with E-state index in [0.29, 0.717) is 0 Å². The third-order valence-corrected chi connectivity index (χ3v) is 1.75. The lowest BCUT2D eigenvalue weighted by Crippen LogP contribution is -2.01. The second-order valence-electron chi connectivity index (χ2n) is 1.69. The molecule has 0 radical (unpaired) electrons. The molecule has 48 valence electrons. The molecule has 0 aliphatic rings. The summed E-state index contributed by atoms with van der Waals surface area (Å²) >= 11 is 0. The first-order valence-electron chi connectivity index (χ1n) is 3.10. The molecule has 0 amide bonds. The maximum Gasteiger partial charge on any atom is 0.0749 e. The Labute approximate surface area is 53.6 Å². The van der Waals surface area contributed by atoms with Crippen LogP contribution >= 0.6 is 0 Å². The zero-order valence-electron chi connectivity index (χ0n) is 5.52. The van der Waals surface area contributed by atoms with Crippen molar-refractivity contribution in [2.45, 2.75) is 13.3 Å². The van der Waals surface area contributed by atoms with Crippen LogP contribution in [0.4, 0.5) is 0 Å². The molecule has 8 heavy (non-hydrogen) atoms. The van der Waals surface area contributed by atoms with E-state index in [4.69, 9.17) is 4.74 Å². The summed E-state index contributed by atoms with van der Waals surface area (Å²) in [6.07, 6.45) is 2.10. The predicted molar refractivity (Wildman–Crippen MR) is 39.9 cm³/mol. The van der Waals surface area contributed by atoms with E-state index in [-0.39, 0.29) is 9.52 Å². The quantitative estimate of drug-likeness (QED) is 0.393.